The summed E-state index contributed by atoms with van der Waals surface area (Å²) in [7, 11) is 0. The molecule has 1 heterocycles. The Labute approximate surface area is 119 Å². The molecule has 0 amide bonds. The van der Waals surface area contributed by atoms with Crippen LogP contribution >= 0.6 is 22.6 Å². The maximum atomic E-state index is 14.0. The van der Waals surface area contributed by atoms with Gasteiger partial charge in [0.05, 0.1) is 9.77 Å². The molecule has 1 aliphatic rings. The quantitative estimate of drug-likeness (QED) is 0.853. The van der Waals surface area contributed by atoms with Gasteiger partial charge in [-0.25, -0.2) is 9.07 Å². The van der Waals surface area contributed by atoms with E-state index >= 15 is 0 Å². The van der Waals surface area contributed by atoms with E-state index in [0.29, 0.717) is 11.7 Å². The third-order valence-corrected chi connectivity index (χ3v) is 3.54. The van der Waals surface area contributed by atoms with Gasteiger partial charge < -0.3 is 5.32 Å². The molecule has 0 atom stereocenters. The lowest BCUT2D eigenvalue weighted by atomic mass is 10.2. The highest BCUT2D eigenvalue weighted by atomic mass is 127. The predicted molar refractivity (Wildman–Crippen MR) is 76.1 cm³/mol. The fourth-order valence-electron chi connectivity index (χ4n) is 1.83. The number of benzene rings is 1. The highest BCUT2D eigenvalue weighted by Gasteiger charge is 2.20. The largest absolute Gasteiger partial charge is 0.310 e. The number of hydrogen-bond acceptors (Lipinski definition) is 2. The van der Waals surface area contributed by atoms with E-state index in [4.69, 9.17) is 0 Å². The van der Waals surface area contributed by atoms with Crippen molar-refractivity contribution >= 4 is 22.6 Å². The fraction of sp³-hybridized carbons (Fsp3) is 0.308. The zero-order valence-corrected chi connectivity index (χ0v) is 11.9. The minimum Gasteiger partial charge on any atom is -0.310 e. The summed E-state index contributed by atoms with van der Waals surface area (Å²) in [5.41, 5.74) is 1.47. The first kappa shape index (κ1) is 12.1. The first-order valence-electron chi connectivity index (χ1n) is 5.95. The van der Waals surface area contributed by atoms with Gasteiger partial charge in [-0.1, -0.05) is 6.07 Å². The first-order valence-corrected chi connectivity index (χ1v) is 7.02. The maximum Gasteiger partial charge on any atom is 0.149 e. The van der Waals surface area contributed by atoms with Gasteiger partial charge in [-0.2, -0.15) is 5.10 Å². The number of halogens is 2. The van der Waals surface area contributed by atoms with E-state index in [1.165, 1.54) is 12.8 Å². The highest BCUT2D eigenvalue weighted by molar-refractivity contribution is 14.1. The summed E-state index contributed by atoms with van der Waals surface area (Å²) in [6.07, 6.45) is 6.00. The van der Waals surface area contributed by atoms with E-state index < -0.39 is 0 Å². The number of hydrogen-bond donors (Lipinski definition) is 1. The minimum atomic E-state index is -0.232. The molecule has 5 heteroatoms. The van der Waals surface area contributed by atoms with Crippen molar-refractivity contribution in [3.05, 3.63) is 45.5 Å². The SMILES string of the molecule is Fc1cc(CNC2CC2)ccc1-n1cc(I)cn1. The molecule has 18 heavy (non-hydrogen) atoms. The smallest absolute Gasteiger partial charge is 0.149 e. The molecule has 0 aliphatic heterocycles. The normalized spacial score (nSPS) is 15.0. The molecule has 0 saturated heterocycles. The molecule has 3 rings (SSSR count). The van der Waals surface area contributed by atoms with E-state index in [0.717, 1.165) is 15.7 Å². The zero-order valence-electron chi connectivity index (χ0n) is 9.74. The van der Waals surface area contributed by atoms with Crippen LogP contribution in [-0.4, -0.2) is 15.8 Å². The predicted octanol–water partition coefficient (Wildman–Crippen LogP) is 2.87. The van der Waals surface area contributed by atoms with Gasteiger partial charge in [-0.15, -0.1) is 0 Å². The van der Waals surface area contributed by atoms with Gasteiger partial charge in [0.25, 0.3) is 0 Å². The van der Waals surface area contributed by atoms with Crippen LogP contribution in [0.3, 0.4) is 0 Å². The summed E-state index contributed by atoms with van der Waals surface area (Å²) >= 11 is 2.16. The third-order valence-electron chi connectivity index (χ3n) is 2.98. The van der Waals surface area contributed by atoms with E-state index in [1.807, 2.05) is 6.07 Å². The number of nitrogens with zero attached hydrogens (tertiary/aromatic N) is 2. The second-order valence-corrected chi connectivity index (χ2v) is 5.79. The summed E-state index contributed by atoms with van der Waals surface area (Å²) in [5.74, 6) is -0.232. The van der Waals surface area contributed by atoms with Crippen molar-refractivity contribution in [1.29, 1.82) is 0 Å². The van der Waals surface area contributed by atoms with Gasteiger partial charge in [0.2, 0.25) is 0 Å². The highest BCUT2D eigenvalue weighted by Crippen LogP contribution is 2.20. The van der Waals surface area contributed by atoms with Crippen LogP contribution in [0.25, 0.3) is 5.69 Å². The Hall–Kier alpha value is -0.950. The first-order chi connectivity index (χ1) is 8.72. The Morgan fingerprint density at radius 3 is 2.89 bits per heavy atom. The van der Waals surface area contributed by atoms with Crippen LogP contribution in [0.4, 0.5) is 4.39 Å². The average molecular weight is 357 g/mol. The summed E-state index contributed by atoms with van der Waals surface area (Å²) in [4.78, 5) is 0. The summed E-state index contributed by atoms with van der Waals surface area (Å²) in [6.45, 7) is 0.735. The molecule has 0 spiro atoms. The van der Waals surface area contributed by atoms with Crippen molar-refractivity contribution in [3.63, 3.8) is 0 Å². The molecular weight excluding hydrogens is 344 g/mol. The molecule has 0 radical (unpaired) electrons. The van der Waals surface area contributed by atoms with Crippen LogP contribution < -0.4 is 5.32 Å². The van der Waals surface area contributed by atoms with Gasteiger partial charge in [-0.3, -0.25) is 0 Å². The molecule has 1 aromatic heterocycles. The Bertz CT molecular complexity index is 563. The fourth-order valence-corrected chi connectivity index (χ4v) is 2.22. The number of nitrogens with one attached hydrogen (secondary N) is 1. The molecule has 94 valence electrons. The molecule has 1 saturated carbocycles. The lowest BCUT2D eigenvalue weighted by Crippen LogP contribution is -2.15. The van der Waals surface area contributed by atoms with Crippen LogP contribution in [-0.2, 0) is 6.54 Å². The van der Waals surface area contributed by atoms with Crippen molar-refractivity contribution in [2.75, 3.05) is 0 Å². The van der Waals surface area contributed by atoms with E-state index in [9.17, 15) is 4.39 Å². The summed E-state index contributed by atoms with van der Waals surface area (Å²) in [5, 5.41) is 7.49. The van der Waals surface area contributed by atoms with Gasteiger partial charge in [0.15, 0.2) is 0 Å². The molecule has 0 bridgehead atoms. The average Bonchev–Trinajstić information content (AvgIpc) is 3.09. The Morgan fingerprint density at radius 2 is 2.28 bits per heavy atom. The lowest BCUT2D eigenvalue weighted by molar-refractivity contribution is 0.604. The molecule has 1 aromatic carbocycles. The van der Waals surface area contributed by atoms with Crippen molar-refractivity contribution in [2.24, 2.45) is 0 Å². The van der Waals surface area contributed by atoms with Gasteiger partial charge in [-0.05, 0) is 53.1 Å². The lowest BCUT2D eigenvalue weighted by Gasteiger charge is -2.07. The monoisotopic (exact) mass is 357 g/mol. The van der Waals surface area contributed by atoms with Crippen molar-refractivity contribution in [3.8, 4) is 5.69 Å². The van der Waals surface area contributed by atoms with Gasteiger partial charge >= 0.3 is 0 Å². The maximum absolute atomic E-state index is 14.0. The third kappa shape index (κ3) is 2.72. The molecule has 1 aliphatic carbocycles. The van der Waals surface area contributed by atoms with E-state index in [2.05, 4.69) is 33.0 Å². The molecule has 3 nitrogen and oxygen atoms in total. The number of aromatic nitrogens is 2. The van der Waals surface area contributed by atoms with Crippen LogP contribution in [0.15, 0.2) is 30.6 Å². The Balaban J connectivity index is 1.79. The van der Waals surface area contributed by atoms with Gasteiger partial charge in [0.1, 0.15) is 11.5 Å². The summed E-state index contributed by atoms with van der Waals surface area (Å²) in [6, 6.07) is 5.95. The Kier molecular flexibility index (Phi) is 3.34. The van der Waals surface area contributed by atoms with Gasteiger partial charge in [0, 0.05) is 18.8 Å². The zero-order chi connectivity index (χ0) is 12.5. The van der Waals surface area contributed by atoms with E-state index in [1.54, 1.807) is 29.2 Å². The molecule has 1 fully saturated rings. The van der Waals surface area contributed by atoms with E-state index in [-0.39, 0.29) is 5.82 Å². The van der Waals surface area contributed by atoms with Crippen LogP contribution in [0.5, 0.6) is 0 Å². The van der Waals surface area contributed by atoms with Crippen LogP contribution in [0, 0.1) is 9.39 Å². The minimum absolute atomic E-state index is 0.232. The summed E-state index contributed by atoms with van der Waals surface area (Å²) < 4.78 is 16.6. The van der Waals surface area contributed by atoms with Crippen LogP contribution in [0.1, 0.15) is 18.4 Å². The van der Waals surface area contributed by atoms with Crippen molar-refractivity contribution < 1.29 is 4.39 Å². The van der Waals surface area contributed by atoms with Crippen molar-refractivity contribution in [2.45, 2.75) is 25.4 Å². The molecular formula is C13H13FIN3. The topological polar surface area (TPSA) is 29.9 Å². The Morgan fingerprint density at radius 1 is 1.44 bits per heavy atom. The second kappa shape index (κ2) is 4.97. The number of rotatable bonds is 4. The molecule has 1 N–H and O–H groups in total. The van der Waals surface area contributed by atoms with Crippen molar-refractivity contribution in [1.82, 2.24) is 15.1 Å². The standard InChI is InChI=1S/C13H13FIN3/c14-12-5-9(6-16-11-2-3-11)1-4-13(12)18-8-10(15)7-17-18/h1,4-5,7-8,11,16H,2-3,6H2. The second-order valence-electron chi connectivity index (χ2n) is 4.54. The molecule has 0 unspecified atom stereocenters. The molecule has 2 aromatic rings. The van der Waals surface area contributed by atoms with Crippen LogP contribution in [0.2, 0.25) is 0 Å².